The normalized spacial score (nSPS) is 12.6. The van der Waals surface area contributed by atoms with Gasteiger partial charge < -0.3 is 20.3 Å². The third-order valence-electron chi connectivity index (χ3n) is 14.8. The van der Waals surface area contributed by atoms with Crippen molar-refractivity contribution < 1.29 is 24.5 Å². The van der Waals surface area contributed by atoms with Crippen LogP contribution in [0, 0.1) is 0 Å². The quantitative estimate of drug-likeness (QED) is 0.0321. The Hall–Kier alpha value is -1.40. The molecule has 410 valence electrons. The van der Waals surface area contributed by atoms with Gasteiger partial charge in [0.2, 0.25) is 5.91 Å². The van der Waals surface area contributed by atoms with Crippen LogP contribution in [-0.4, -0.2) is 47.4 Å². The predicted molar refractivity (Wildman–Crippen MR) is 301 cm³/mol. The van der Waals surface area contributed by atoms with Gasteiger partial charge in [-0.05, 0) is 51.4 Å². The minimum Gasteiger partial charge on any atom is -0.466 e. The van der Waals surface area contributed by atoms with Crippen LogP contribution in [0.15, 0.2) is 12.2 Å². The van der Waals surface area contributed by atoms with E-state index in [-0.39, 0.29) is 18.5 Å². The zero-order chi connectivity index (χ0) is 50.0. The molecule has 6 heteroatoms. The highest BCUT2D eigenvalue weighted by atomic mass is 16.5. The molecule has 3 N–H and O–H groups in total. The van der Waals surface area contributed by atoms with Crippen LogP contribution in [0.4, 0.5) is 0 Å². The lowest BCUT2D eigenvalue weighted by Gasteiger charge is -2.22. The molecule has 2 unspecified atom stereocenters. The Labute approximate surface area is 431 Å². The summed E-state index contributed by atoms with van der Waals surface area (Å²) in [6.07, 6.45) is 70.8. The Morgan fingerprint density at radius 3 is 1.03 bits per heavy atom. The van der Waals surface area contributed by atoms with Gasteiger partial charge in [-0.3, -0.25) is 9.59 Å². The summed E-state index contributed by atoms with van der Waals surface area (Å²) in [5.41, 5.74) is 0. The Balaban J connectivity index is 3.36. The van der Waals surface area contributed by atoms with E-state index in [1.54, 1.807) is 0 Å². The van der Waals surface area contributed by atoms with Crippen molar-refractivity contribution in [1.82, 2.24) is 5.32 Å². The summed E-state index contributed by atoms with van der Waals surface area (Å²) >= 11 is 0. The van der Waals surface area contributed by atoms with Crippen LogP contribution in [0.25, 0.3) is 0 Å². The van der Waals surface area contributed by atoms with E-state index < -0.39 is 12.1 Å². The van der Waals surface area contributed by atoms with Gasteiger partial charge in [-0.2, -0.15) is 0 Å². The summed E-state index contributed by atoms with van der Waals surface area (Å²) in [7, 11) is 0. The molecule has 2 atom stereocenters. The Morgan fingerprint density at radius 2 is 0.681 bits per heavy atom. The molecule has 0 heterocycles. The largest absolute Gasteiger partial charge is 0.466 e. The third kappa shape index (κ3) is 55.8. The minimum absolute atomic E-state index is 0.0110. The first-order valence-electron chi connectivity index (χ1n) is 31.4. The zero-order valence-electron chi connectivity index (χ0n) is 46.8. The third-order valence-corrected chi connectivity index (χ3v) is 14.8. The molecular weight excluding hydrogens is 851 g/mol. The van der Waals surface area contributed by atoms with Gasteiger partial charge in [-0.1, -0.05) is 302 Å². The number of carbonyl (C=O) groups excluding carboxylic acids is 2. The number of carbonyl (C=O) groups is 2. The second kappa shape index (κ2) is 59.2. The molecule has 0 aromatic carbocycles. The fourth-order valence-electron chi connectivity index (χ4n) is 9.99. The number of esters is 1. The average Bonchev–Trinajstić information content (AvgIpc) is 3.35. The highest BCUT2D eigenvalue weighted by Crippen LogP contribution is 2.18. The van der Waals surface area contributed by atoms with Gasteiger partial charge in [0.05, 0.1) is 25.4 Å². The van der Waals surface area contributed by atoms with Crippen LogP contribution in [0.2, 0.25) is 0 Å². The van der Waals surface area contributed by atoms with E-state index in [1.165, 1.54) is 276 Å². The molecule has 6 nitrogen and oxygen atoms in total. The van der Waals surface area contributed by atoms with Crippen molar-refractivity contribution in [3.63, 3.8) is 0 Å². The molecule has 0 fully saturated rings. The van der Waals surface area contributed by atoms with Crippen molar-refractivity contribution in [1.29, 1.82) is 0 Å². The van der Waals surface area contributed by atoms with Crippen molar-refractivity contribution in [2.45, 2.75) is 366 Å². The highest BCUT2D eigenvalue weighted by molar-refractivity contribution is 5.76. The fraction of sp³-hybridized carbons (Fsp3) is 0.937. The van der Waals surface area contributed by atoms with Crippen molar-refractivity contribution in [3.05, 3.63) is 12.2 Å². The molecular formula is C63H123NO5. The summed E-state index contributed by atoms with van der Waals surface area (Å²) in [4.78, 5) is 24.6. The first-order chi connectivity index (χ1) is 34.0. The lowest BCUT2D eigenvalue weighted by Crippen LogP contribution is -2.45. The molecule has 0 aliphatic carbocycles. The molecule has 0 aromatic rings. The number of nitrogens with one attached hydrogen (secondary N) is 1. The van der Waals surface area contributed by atoms with Gasteiger partial charge >= 0.3 is 5.97 Å². The van der Waals surface area contributed by atoms with Gasteiger partial charge in [-0.25, -0.2) is 0 Å². The number of amides is 1. The van der Waals surface area contributed by atoms with Crippen molar-refractivity contribution >= 4 is 11.9 Å². The first-order valence-corrected chi connectivity index (χ1v) is 31.4. The van der Waals surface area contributed by atoms with E-state index in [4.69, 9.17) is 4.74 Å². The number of allylic oxidation sites excluding steroid dienone is 2. The molecule has 69 heavy (non-hydrogen) atoms. The summed E-state index contributed by atoms with van der Waals surface area (Å²) in [5.74, 6) is -0.0241. The fourth-order valence-corrected chi connectivity index (χ4v) is 9.99. The molecule has 0 spiro atoms. The molecule has 0 saturated carbocycles. The smallest absolute Gasteiger partial charge is 0.305 e. The van der Waals surface area contributed by atoms with E-state index >= 15 is 0 Å². The van der Waals surface area contributed by atoms with E-state index in [9.17, 15) is 19.8 Å². The Bertz CT molecular complexity index is 1030. The monoisotopic (exact) mass is 974 g/mol. The van der Waals surface area contributed by atoms with Crippen molar-refractivity contribution in [2.75, 3.05) is 13.2 Å². The minimum atomic E-state index is -0.664. The summed E-state index contributed by atoms with van der Waals surface area (Å²) in [5, 5.41) is 23.3. The number of rotatable bonds is 59. The van der Waals surface area contributed by atoms with E-state index in [2.05, 4.69) is 31.3 Å². The maximum atomic E-state index is 12.5. The number of hydrogen-bond donors (Lipinski definition) is 3. The molecule has 0 saturated heterocycles. The number of unbranched alkanes of at least 4 members (excludes halogenated alkanes) is 46. The van der Waals surface area contributed by atoms with Crippen LogP contribution >= 0.6 is 0 Å². The molecule has 0 aliphatic heterocycles. The molecule has 1 amide bonds. The maximum Gasteiger partial charge on any atom is 0.305 e. The van der Waals surface area contributed by atoms with Crippen molar-refractivity contribution in [2.24, 2.45) is 0 Å². The van der Waals surface area contributed by atoms with Crippen LogP contribution in [0.3, 0.4) is 0 Å². The highest BCUT2D eigenvalue weighted by Gasteiger charge is 2.20. The summed E-state index contributed by atoms with van der Waals surface area (Å²) in [6.45, 7) is 4.97. The SMILES string of the molecule is CCCCCCCC/C=C\CCCCCCCCCCCC(=O)OCCCCCCCCCCCCCCCCCCCCCCC(=O)NC(CO)C(O)CCCCCCCCCCCCCCC. The number of hydrogen-bond acceptors (Lipinski definition) is 5. The number of aliphatic hydroxyl groups is 2. The summed E-state index contributed by atoms with van der Waals surface area (Å²) < 4.78 is 5.50. The van der Waals surface area contributed by atoms with Crippen LogP contribution in [0.1, 0.15) is 354 Å². The molecule has 0 aromatic heterocycles. The molecule has 0 rings (SSSR count). The van der Waals surface area contributed by atoms with Crippen LogP contribution in [-0.2, 0) is 14.3 Å². The maximum absolute atomic E-state index is 12.5. The molecule has 0 radical (unpaired) electrons. The standard InChI is InChI=1S/C63H123NO5/c1-3-5-7-9-11-13-15-17-18-19-22-26-29-33-37-41-45-49-53-57-63(68)69-58-54-50-46-42-38-34-30-27-24-21-20-23-25-28-32-36-40-44-48-52-56-62(67)64-60(59-65)61(66)55-51-47-43-39-35-31-16-14-12-10-8-6-4-2/h17-18,60-61,65-66H,3-16,19-59H2,1-2H3,(H,64,67)/b18-17-. The van der Waals surface area contributed by atoms with Gasteiger partial charge in [0.15, 0.2) is 0 Å². The van der Waals surface area contributed by atoms with Crippen LogP contribution < -0.4 is 5.32 Å². The Kier molecular flexibility index (Phi) is 58.0. The summed E-state index contributed by atoms with van der Waals surface area (Å²) in [6, 6.07) is -0.541. The first kappa shape index (κ1) is 67.6. The number of aliphatic hydroxyl groups excluding tert-OH is 2. The zero-order valence-corrected chi connectivity index (χ0v) is 46.8. The lowest BCUT2D eigenvalue weighted by molar-refractivity contribution is -0.143. The van der Waals surface area contributed by atoms with E-state index in [0.29, 0.717) is 25.9 Å². The van der Waals surface area contributed by atoms with Crippen LogP contribution in [0.5, 0.6) is 0 Å². The molecule has 0 bridgehead atoms. The van der Waals surface area contributed by atoms with Crippen molar-refractivity contribution in [3.8, 4) is 0 Å². The van der Waals surface area contributed by atoms with Gasteiger partial charge in [0, 0.05) is 12.8 Å². The van der Waals surface area contributed by atoms with Gasteiger partial charge in [0.25, 0.3) is 0 Å². The lowest BCUT2D eigenvalue weighted by atomic mass is 10.0. The van der Waals surface area contributed by atoms with E-state index in [0.717, 1.165) is 44.9 Å². The van der Waals surface area contributed by atoms with Gasteiger partial charge in [0.1, 0.15) is 0 Å². The second-order valence-electron chi connectivity index (χ2n) is 21.7. The predicted octanol–water partition coefficient (Wildman–Crippen LogP) is 19.6. The number of ether oxygens (including phenoxy) is 1. The second-order valence-corrected chi connectivity index (χ2v) is 21.7. The average molecular weight is 975 g/mol. The topological polar surface area (TPSA) is 95.9 Å². The Morgan fingerprint density at radius 1 is 0.391 bits per heavy atom. The van der Waals surface area contributed by atoms with Gasteiger partial charge in [-0.15, -0.1) is 0 Å². The molecule has 0 aliphatic rings. The van der Waals surface area contributed by atoms with E-state index in [1.807, 2.05) is 0 Å².